The Morgan fingerprint density at radius 3 is 2.50 bits per heavy atom. The molecule has 0 saturated carbocycles. The summed E-state index contributed by atoms with van der Waals surface area (Å²) in [5.74, 6) is -0.417. The van der Waals surface area contributed by atoms with Crippen molar-refractivity contribution in [2.45, 2.75) is 26.9 Å². The summed E-state index contributed by atoms with van der Waals surface area (Å²) in [5.41, 5.74) is 0.956. The highest BCUT2D eigenvalue weighted by Gasteiger charge is 2.08. The maximum atomic E-state index is 11.4. The van der Waals surface area contributed by atoms with Crippen LogP contribution in [-0.4, -0.2) is 18.4 Å². The first kappa shape index (κ1) is 14.2. The van der Waals surface area contributed by atoms with Crippen molar-refractivity contribution in [3.8, 4) is 0 Å². The smallest absolute Gasteiger partial charge is 0.307 e. The van der Waals surface area contributed by atoms with Gasteiger partial charge in [-0.2, -0.15) is 0 Å². The summed E-state index contributed by atoms with van der Waals surface area (Å²) in [6, 6.07) is 9.49. The van der Waals surface area contributed by atoms with Gasteiger partial charge in [0, 0.05) is 12.5 Å². The molecule has 0 aliphatic carbocycles. The zero-order valence-corrected chi connectivity index (χ0v) is 10.8. The first-order valence-corrected chi connectivity index (χ1v) is 6.07. The first-order chi connectivity index (χ1) is 8.59. The van der Waals surface area contributed by atoms with Crippen LogP contribution in [0.25, 0.3) is 0 Å². The predicted octanol–water partition coefficient (Wildman–Crippen LogP) is 1.89. The Morgan fingerprint density at radius 1 is 1.22 bits per heavy atom. The average molecular weight is 249 g/mol. The first-order valence-electron chi connectivity index (χ1n) is 6.07. The maximum Gasteiger partial charge on any atom is 0.307 e. The molecule has 0 aliphatic rings. The Kier molecular flexibility index (Phi) is 5.91. The van der Waals surface area contributed by atoms with E-state index in [1.807, 2.05) is 44.2 Å². The lowest BCUT2D eigenvalue weighted by molar-refractivity contribution is -0.144. The topological polar surface area (TPSA) is 55.4 Å². The molecule has 4 heteroatoms. The van der Waals surface area contributed by atoms with E-state index in [9.17, 15) is 9.59 Å². The van der Waals surface area contributed by atoms with Crippen LogP contribution < -0.4 is 5.32 Å². The van der Waals surface area contributed by atoms with Gasteiger partial charge in [-0.05, 0) is 5.56 Å². The normalized spacial score (nSPS) is 10.2. The van der Waals surface area contributed by atoms with Crippen molar-refractivity contribution >= 4 is 11.9 Å². The summed E-state index contributed by atoms with van der Waals surface area (Å²) in [5, 5.41) is 2.67. The number of rotatable bonds is 6. The molecule has 1 N–H and O–H groups in total. The zero-order valence-electron chi connectivity index (χ0n) is 10.8. The highest BCUT2D eigenvalue weighted by Crippen LogP contribution is 2.01. The lowest BCUT2D eigenvalue weighted by Crippen LogP contribution is -2.30. The number of carbonyl (C=O) groups is 2. The van der Waals surface area contributed by atoms with Crippen molar-refractivity contribution in [2.24, 2.45) is 5.92 Å². The molecule has 0 atom stereocenters. The van der Waals surface area contributed by atoms with E-state index in [0.29, 0.717) is 6.54 Å². The molecule has 0 radical (unpaired) electrons. The highest BCUT2D eigenvalue weighted by molar-refractivity contribution is 5.78. The molecule has 0 unspecified atom stereocenters. The van der Waals surface area contributed by atoms with Gasteiger partial charge >= 0.3 is 5.97 Å². The SMILES string of the molecule is CC(C)C(=O)NCCC(=O)OCc1ccccc1. The number of amides is 1. The molecule has 0 saturated heterocycles. The van der Waals surface area contributed by atoms with Crippen LogP contribution in [0.15, 0.2) is 30.3 Å². The van der Waals surface area contributed by atoms with E-state index in [1.54, 1.807) is 0 Å². The maximum absolute atomic E-state index is 11.4. The Bertz CT molecular complexity index is 387. The lowest BCUT2D eigenvalue weighted by Gasteiger charge is -2.07. The molecule has 4 nitrogen and oxygen atoms in total. The largest absolute Gasteiger partial charge is 0.461 e. The molecule has 1 amide bonds. The van der Waals surface area contributed by atoms with Crippen LogP contribution in [0, 0.1) is 5.92 Å². The van der Waals surface area contributed by atoms with Crippen molar-refractivity contribution in [1.82, 2.24) is 5.32 Å². The molecule has 1 aromatic carbocycles. The molecule has 98 valence electrons. The van der Waals surface area contributed by atoms with Gasteiger partial charge in [-0.25, -0.2) is 0 Å². The molecule has 18 heavy (non-hydrogen) atoms. The molecule has 1 rings (SSSR count). The molecule has 0 heterocycles. The number of benzene rings is 1. The van der Waals surface area contributed by atoms with Gasteiger partial charge in [0.2, 0.25) is 5.91 Å². The Hall–Kier alpha value is -1.84. The third kappa shape index (κ3) is 5.48. The van der Waals surface area contributed by atoms with Crippen molar-refractivity contribution in [1.29, 1.82) is 0 Å². The number of hydrogen-bond donors (Lipinski definition) is 1. The summed E-state index contributed by atoms with van der Waals surface area (Å²) in [6.45, 7) is 4.22. The van der Waals surface area contributed by atoms with Crippen LogP contribution in [0.1, 0.15) is 25.8 Å². The van der Waals surface area contributed by atoms with E-state index in [-0.39, 0.29) is 30.8 Å². The van der Waals surface area contributed by atoms with Crippen LogP contribution >= 0.6 is 0 Å². The Morgan fingerprint density at radius 2 is 1.89 bits per heavy atom. The Balaban J connectivity index is 2.17. The predicted molar refractivity (Wildman–Crippen MR) is 68.7 cm³/mol. The van der Waals surface area contributed by atoms with E-state index < -0.39 is 0 Å². The molecular weight excluding hydrogens is 230 g/mol. The summed E-state index contributed by atoms with van der Waals surface area (Å²) in [7, 11) is 0. The number of nitrogens with one attached hydrogen (secondary N) is 1. The van der Waals surface area contributed by atoms with Crippen molar-refractivity contribution in [2.75, 3.05) is 6.54 Å². The fourth-order valence-electron chi connectivity index (χ4n) is 1.30. The highest BCUT2D eigenvalue weighted by atomic mass is 16.5. The van der Waals surface area contributed by atoms with Crippen LogP contribution in [0.3, 0.4) is 0 Å². The molecule has 1 aromatic rings. The van der Waals surface area contributed by atoms with E-state index >= 15 is 0 Å². The monoisotopic (exact) mass is 249 g/mol. The summed E-state index contributed by atoms with van der Waals surface area (Å²) >= 11 is 0. The van der Waals surface area contributed by atoms with Gasteiger partial charge in [0.05, 0.1) is 6.42 Å². The average Bonchev–Trinajstić information content (AvgIpc) is 2.37. The fourth-order valence-corrected chi connectivity index (χ4v) is 1.30. The minimum Gasteiger partial charge on any atom is -0.461 e. The second-order valence-electron chi connectivity index (χ2n) is 4.34. The third-order valence-corrected chi connectivity index (χ3v) is 2.40. The fraction of sp³-hybridized carbons (Fsp3) is 0.429. The van der Waals surface area contributed by atoms with Gasteiger partial charge in [-0.1, -0.05) is 44.2 Å². The van der Waals surface area contributed by atoms with Gasteiger partial charge in [-0.3, -0.25) is 9.59 Å². The molecular formula is C14H19NO3. The minimum atomic E-state index is -0.303. The summed E-state index contributed by atoms with van der Waals surface area (Å²) < 4.78 is 5.08. The van der Waals surface area contributed by atoms with Gasteiger partial charge in [0.25, 0.3) is 0 Å². The number of esters is 1. The zero-order chi connectivity index (χ0) is 13.4. The number of hydrogen-bond acceptors (Lipinski definition) is 3. The summed E-state index contributed by atoms with van der Waals surface area (Å²) in [4.78, 5) is 22.6. The van der Waals surface area contributed by atoms with Crippen molar-refractivity contribution in [3.63, 3.8) is 0 Å². The summed E-state index contributed by atoms with van der Waals surface area (Å²) in [6.07, 6.45) is 0.200. The molecule has 0 aliphatic heterocycles. The third-order valence-electron chi connectivity index (χ3n) is 2.40. The standard InChI is InChI=1S/C14H19NO3/c1-11(2)14(17)15-9-8-13(16)18-10-12-6-4-3-5-7-12/h3-7,11H,8-10H2,1-2H3,(H,15,17). The van der Waals surface area contributed by atoms with Gasteiger partial charge in [-0.15, -0.1) is 0 Å². The Labute approximate surface area is 107 Å². The molecule has 0 aromatic heterocycles. The molecule has 0 fully saturated rings. The van der Waals surface area contributed by atoms with Crippen molar-refractivity contribution < 1.29 is 14.3 Å². The van der Waals surface area contributed by atoms with Crippen LogP contribution in [0.5, 0.6) is 0 Å². The quantitative estimate of drug-likeness (QED) is 0.783. The van der Waals surface area contributed by atoms with E-state index in [0.717, 1.165) is 5.56 Å². The van der Waals surface area contributed by atoms with E-state index in [1.165, 1.54) is 0 Å². The van der Waals surface area contributed by atoms with E-state index in [2.05, 4.69) is 5.32 Å². The van der Waals surface area contributed by atoms with Gasteiger partial charge in [0.1, 0.15) is 6.61 Å². The molecule has 0 spiro atoms. The number of ether oxygens (including phenoxy) is 1. The molecule has 0 bridgehead atoms. The van der Waals surface area contributed by atoms with E-state index in [4.69, 9.17) is 4.74 Å². The second kappa shape index (κ2) is 7.48. The lowest BCUT2D eigenvalue weighted by atomic mass is 10.2. The van der Waals surface area contributed by atoms with Crippen molar-refractivity contribution in [3.05, 3.63) is 35.9 Å². The minimum absolute atomic E-state index is 0.0501. The second-order valence-corrected chi connectivity index (χ2v) is 4.34. The van der Waals surface area contributed by atoms with Crippen LogP contribution in [0.2, 0.25) is 0 Å². The van der Waals surface area contributed by atoms with Crippen LogP contribution in [0.4, 0.5) is 0 Å². The number of carbonyl (C=O) groups excluding carboxylic acids is 2. The van der Waals surface area contributed by atoms with Gasteiger partial charge < -0.3 is 10.1 Å². The van der Waals surface area contributed by atoms with Gasteiger partial charge in [0.15, 0.2) is 0 Å². The van der Waals surface area contributed by atoms with Crippen LogP contribution in [-0.2, 0) is 20.9 Å².